The minimum Gasteiger partial charge on any atom is -0.355 e. The molecule has 0 aliphatic carbocycles. The average molecular weight is 345 g/mol. The van der Waals surface area contributed by atoms with Crippen LogP contribution in [-0.2, 0) is 4.79 Å². The minimum atomic E-state index is -2.58. The molecule has 0 aromatic rings. The van der Waals surface area contributed by atoms with E-state index in [9.17, 15) is 13.6 Å². The van der Waals surface area contributed by atoms with Gasteiger partial charge in [-0.2, -0.15) is 0 Å². The largest absolute Gasteiger partial charge is 0.355 e. The number of likely N-dealkylation sites (tertiary alicyclic amines) is 2. The van der Waals surface area contributed by atoms with Crippen molar-refractivity contribution in [3.8, 4) is 0 Å². The van der Waals surface area contributed by atoms with Gasteiger partial charge < -0.3 is 5.32 Å². The lowest BCUT2D eigenvalue weighted by molar-refractivity contribution is -0.157. The Morgan fingerprint density at radius 3 is 2.12 bits per heavy atom. The molecule has 0 bridgehead atoms. The molecule has 2 aliphatic rings. The summed E-state index contributed by atoms with van der Waals surface area (Å²) in [6, 6.07) is 0. The number of alkyl halides is 2. The van der Waals surface area contributed by atoms with Crippen LogP contribution in [-0.4, -0.2) is 66.4 Å². The van der Waals surface area contributed by atoms with Crippen molar-refractivity contribution in [2.24, 2.45) is 11.3 Å². The number of amides is 1. The summed E-state index contributed by atoms with van der Waals surface area (Å²) in [5.41, 5.74) is -0.461. The maximum Gasteiger partial charge on any atom is 0.272 e. The second-order valence-corrected chi connectivity index (χ2v) is 9.04. The Bertz CT molecular complexity index is 444. The number of piperidine rings is 1. The van der Waals surface area contributed by atoms with Crippen LogP contribution in [0.4, 0.5) is 8.78 Å². The predicted octanol–water partition coefficient (Wildman–Crippen LogP) is 2.59. The van der Waals surface area contributed by atoms with Gasteiger partial charge in [-0.1, -0.05) is 13.8 Å². The van der Waals surface area contributed by atoms with Crippen molar-refractivity contribution >= 4 is 5.91 Å². The number of carbonyl (C=O) groups is 1. The fourth-order valence-electron chi connectivity index (χ4n) is 3.69. The molecule has 24 heavy (non-hydrogen) atoms. The molecule has 1 amide bonds. The Balaban J connectivity index is 2.04. The summed E-state index contributed by atoms with van der Waals surface area (Å²) in [7, 11) is 0. The van der Waals surface area contributed by atoms with E-state index in [-0.39, 0.29) is 24.5 Å². The number of hydrogen-bond donors (Lipinski definition) is 1. The molecule has 6 heteroatoms. The zero-order valence-corrected chi connectivity index (χ0v) is 15.8. The van der Waals surface area contributed by atoms with Gasteiger partial charge in [0.05, 0.1) is 18.5 Å². The van der Waals surface area contributed by atoms with E-state index in [1.807, 2.05) is 0 Å². The molecule has 2 aliphatic heterocycles. The van der Waals surface area contributed by atoms with Gasteiger partial charge in [0.1, 0.15) is 0 Å². The van der Waals surface area contributed by atoms with Gasteiger partial charge in [-0.05, 0) is 52.6 Å². The zero-order chi connectivity index (χ0) is 18.2. The van der Waals surface area contributed by atoms with Gasteiger partial charge in [-0.15, -0.1) is 0 Å². The third-order valence-corrected chi connectivity index (χ3v) is 5.26. The summed E-state index contributed by atoms with van der Waals surface area (Å²) in [4.78, 5) is 17.0. The lowest BCUT2D eigenvalue weighted by Gasteiger charge is -2.49. The molecule has 2 saturated heterocycles. The molecule has 0 aromatic heterocycles. The highest BCUT2D eigenvalue weighted by molar-refractivity contribution is 5.83. The fourth-order valence-corrected chi connectivity index (χ4v) is 3.69. The maximum absolute atomic E-state index is 13.2. The number of hydrogen-bond acceptors (Lipinski definition) is 3. The smallest absolute Gasteiger partial charge is 0.272 e. The van der Waals surface area contributed by atoms with Crippen LogP contribution < -0.4 is 5.32 Å². The Labute approximate surface area is 144 Å². The van der Waals surface area contributed by atoms with Crippen LogP contribution in [0.5, 0.6) is 0 Å². The zero-order valence-electron chi connectivity index (χ0n) is 15.8. The number of nitrogens with one attached hydrogen (secondary N) is 1. The van der Waals surface area contributed by atoms with Crippen LogP contribution in [0.25, 0.3) is 0 Å². The highest BCUT2D eigenvalue weighted by Crippen LogP contribution is 2.38. The van der Waals surface area contributed by atoms with E-state index in [0.717, 1.165) is 25.9 Å². The molecule has 0 spiro atoms. The van der Waals surface area contributed by atoms with E-state index in [0.29, 0.717) is 19.0 Å². The lowest BCUT2D eigenvalue weighted by atomic mass is 9.75. The molecular formula is C18H33F2N3O. The fraction of sp³-hybridized carbons (Fsp3) is 0.944. The number of carbonyl (C=O) groups excluding carboxylic acids is 1. The van der Waals surface area contributed by atoms with Crippen molar-refractivity contribution in [1.82, 2.24) is 15.1 Å². The Kier molecular flexibility index (Phi) is 5.60. The van der Waals surface area contributed by atoms with E-state index < -0.39 is 11.3 Å². The van der Waals surface area contributed by atoms with Crippen molar-refractivity contribution in [2.75, 3.05) is 39.3 Å². The second-order valence-electron chi connectivity index (χ2n) is 9.04. The molecule has 140 valence electrons. The quantitative estimate of drug-likeness (QED) is 0.832. The molecule has 1 N–H and O–H groups in total. The van der Waals surface area contributed by atoms with Crippen LogP contribution in [0, 0.1) is 11.3 Å². The van der Waals surface area contributed by atoms with Crippen LogP contribution in [0.3, 0.4) is 0 Å². The van der Waals surface area contributed by atoms with E-state index in [1.54, 1.807) is 4.90 Å². The topological polar surface area (TPSA) is 35.6 Å². The van der Waals surface area contributed by atoms with E-state index in [4.69, 9.17) is 0 Å². The first-order valence-corrected chi connectivity index (χ1v) is 9.07. The average Bonchev–Trinajstić information content (AvgIpc) is 2.42. The summed E-state index contributed by atoms with van der Waals surface area (Å²) >= 11 is 0. The monoisotopic (exact) mass is 345 g/mol. The SMILES string of the molecule is CC(C)CNC(=O)C1(CN2CC(F)(F)C2)CCN(C(C)(C)C)CC1. The van der Waals surface area contributed by atoms with Crippen molar-refractivity contribution in [2.45, 2.75) is 58.9 Å². The molecular weight excluding hydrogens is 312 g/mol. The van der Waals surface area contributed by atoms with E-state index in [2.05, 4.69) is 44.8 Å². The minimum absolute atomic E-state index is 0.0416. The second kappa shape index (κ2) is 6.87. The Morgan fingerprint density at radius 1 is 1.17 bits per heavy atom. The molecule has 0 radical (unpaired) electrons. The Hall–Kier alpha value is -0.750. The van der Waals surface area contributed by atoms with Gasteiger partial charge in [-0.25, -0.2) is 8.78 Å². The summed E-state index contributed by atoms with van der Waals surface area (Å²) in [6.45, 7) is 13.0. The van der Waals surface area contributed by atoms with Gasteiger partial charge in [0.25, 0.3) is 5.92 Å². The first-order valence-electron chi connectivity index (χ1n) is 9.07. The Morgan fingerprint density at radius 2 is 1.71 bits per heavy atom. The standard InChI is InChI=1S/C18H33F2N3O/c1-14(2)10-21-15(24)17(11-22-12-18(19,20)13-22)6-8-23(9-7-17)16(3,4)5/h14H,6-13H2,1-5H3,(H,21,24). The van der Waals surface area contributed by atoms with E-state index >= 15 is 0 Å². The highest BCUT2D eigenvalue weighted by atomic mass is 19.3. The van der Waals surface area contributed by atoms with Crippen LogP contribution in [0.15, 0.2) is 0 Å². The summed E-state index contributed by atoms with van der Waals surface area (Å²) in [6.07, 6.45) is 1.46. The van der Waals surface area contributed by atoms with Crippen LogP contribution in [0.2, 0.25) is 0 Å². The van der Waals surface area contributed by atoms with Gasteiger partial charge in [0, 0.05) is 18.6 Å². The van der Waals surface area contributed by atoms with Gasteiger partial charge in [0.15, 0.2) is 0 Å². The number of halogens is 2. The molecule has 0 saturated carbocycles. The first-order chi connectivity index (χ1) is 10.9. The van der Waals surface area contributed by atoms with Gasteiger partial charge in [-0.3, -0.25) is 14.6 Å². The molecule has 0 atom stereocenters. The summed E-state index contributed by atoms with van der Waals surface area (Å²) < 4.78 is 26.4. The first kappa shape index (κ1) is 19.6. The van der Waals surface area contributed by atoms with Crippen molar-refractivity contribution in [3.63, 3.8) is 0 Å². The molecule has 0 unspecified atom stereocenters. The summed E-state index contributed by atoms with van der Waals surface area (Å²) in [5.74, 6) is -2.16. The molecule has 0 aromatic carbocycles. The number of nitrogens with zero attached hydrogens (tertiary/aromatic N) is 2. The maximum atomic E-state index is 13.2. The van der Waals surface area contributed by atoms with Gasteiger partial charge >= 0.3 is 0 Å². The molecule has 2 rings (SSSR count). The van der Waals surface area contributed by atoms with Crippen LogP contribution >= 0.6 is 0 Å². The molecule has 2 fully saturated rings. The number of rotatable bonds is 5. The molecule has 2 heterocycles. The van der Waals surface area contributed by atoms with Crippen LogP contribution in [0.1, 0.15) is 47.5 Å². The summed E-state index contributed by atoms with van der Waals surface area (Å²) in [5, 5.41) is 3.05. The van der Waals surface area contributed by atoms with Crippen molar-refractivity contribution in [3.05, 3.63) is 0 Å². The third-order valence-electron chi connectivity index (χ3n) is 5.26. The lowest BCUT2D eigenvalue weighted by Crippen LogP contribution is -2.63. The normalized spacial score (nSPS) is 24.7. The third kappa shape index (κ3) is 4.66. The highest BCUT2D eigenvalue weighted by Gasteiger charge is 2.50. The van der Waals surface area contributed by atoms with Crippen molar-refractivity contribution in [1.29, 1.82) is 0 Å². The predicted molar refractivity (Wildman–Crippen MR) is 92.2 cm³/mol. The van der Waals surface area contributed by atoms with Crippen molar-refractivity contribution < 1.29 is 13.6 Å². The van der Waals surface area contributed by atoms with Gasteiger partial charge in [0.2, 0.25) is 5.91 Å². The van der Waals surface area contributed by atoms with E-state index in [1.165, 1.54) is 0 Å². The molecule has 4 nitrogen and oxygen atoms in total.